The van der Waals surface area contributed by atoms with Gasteiger partial charge in [-0.2, -0.15) is 0 Å². The molecule has 3 rings (SSSR count). The topological polar surface area (TPSA) is 75.7 Å². The predicted molar refractivity (Wildman–Crippen MR) is 97.8 cm³/mol. The molecule has 2 heterocycles. The van der Waals surface area contributed by atoms with Gasteiger partial charge in [-0.25, -0.2) is 4.79 Å². The van der Waals surface area contributed by atoms with Crippen LogP contribution in [0, 0.1) is 0 Å². The molecule has 6 nitrogen and oxygen atoms in total. The number of ether oxygens (including phenoxy) is 1. The Hall–Kier alpha value is -2.67. The van der Waals surface area contributed by atoms with Crippen molar-refractivity contribution in [1.82, 2.24) is 10.2 Å². The SMILES string of the molecule is CCN(CC(=O)NCc1cccs1)C(=O)[C@H]1Cc2ccccc2C(=O)O1. The molecular weight excluding hydrogens is 352 g/mol. The summed E-state index contributed by atoms with van der Waals surface area (Å²) in [5.41, 5.74) is 1.29. The summed E-state index contributed by atoms with van der Waals surface area (Å²) in [6, 6.07) is 11.0. The van der Waals surface area contributed by atoms with Gasteiger partial charge in [-0.05, 0) is 30.0 Å². The molecule has 0 fully saturated rings. The lowest BCUT2D eigenvalue weighted by molar-refractivity contribution is -0.143. The summed E-state index contributed by atoms with van der Waals surface area (Å²) < 4.78 is 5.30. The number of hydrogen-bond donors (Lipinski definition) is 1. The molecule has 26 heavy (non-hydrogen) atoms. The molecule has 1 aromatic carbocycles. The van der Waals surface area contributed by atoms with Gasteiger partial charge in [0.2, 0.25) is 5.91 Å². The lowest BCUT2D eigenvalue weighted by Crippen LogP contribution is -2.48. The number of esters is 1. The van der Waals surface area contributed by atoms with E-state index in [0.717, 1.165) is 10.4 Å². The van der Waals surface area contributed by atoms with Crippen LogP contribution in [-0.4, -0.2) is 41.9 Å². The normalized spacial score (nSPS) is 15.7. The molecule has 1 atom stereocenters. The Morgan fingerprint density at radius 1 is 1.27 bits per heavy atom. The van der Waals surface area contributed by atoms with Crippen LogP contribution >= 0.6 is 11.3 Å². The molecule has 0 saturated heterocycles. The minimum absolute atomic E-state index is 0.0591. The van der Waals surface area contributed by atoms with Gasteiger partial charge in [-0.15, -0.1) is 11.3 Å². The number of likely N-dealkylation sites (N-methyl/N-ethyl adjacent to an activating group) is 1. The fourth-order valence-corrected chi connectivity index (χ4v) is 3.49. The van der Waals surface area contributed by atoms with Gasteiger partial charge in [0, 0.05) is 17.8 Å². The second kappa shape index (κ2) is 8.14. The number of rotatable bonds is 6. The van der Waals surface area contributed by atoms with Crippen molar-refractivity contribution in [1.29, 1.82) is 0 Å². The van der Waals surface area contributed by atoms with E-state index >= 15 is 0 Å². The summed E-state index contributed by atoms with van der Waals surface area (Å²) in [6.07, 6.45) is -0.559. The maximum absolute atomic E-state index is 12.7. The first-order valence-corrected chi connectivity index (χ1v) is 9.33. The lowest BCUT2D eigenvalue weighted by Gasteiger charge is -2.28. The van der Waals surface area contributed by atoms with Crippen LogP contribution in [0.15, 0.2) is 41.8 Å². The van der Waals surface area contributed by atoms with E-state index < -0.39 is 12.1 Å². The molecule has 0 aliphatic carbocycles. The van der Waals surface area contributed by atoms with Crippen LogP contribution in [0.1, 0.15) is 27.7 Å². The third kappa shape index (κ3) is 4.11. The predicted octanol–water partition coefficient (Wildman–Crippen LogP) is 1.99. The van der Waals surface area contributed by atoms with Gasteiger partial charge in [-0.1, -0.05) is 24.3 Å². The van der Waals surface area contributed by atoms with Gasteiger partial charge in [0.05, 0.1) is 18.7 Å². The Balaban J connectivity index is 1.60. The fourth-order valence-electron chi connectivity index (χ4n) is 2.85. The number of nitrogens with one attached hydrogen (secondary N) is 1. The summed E-state index contributed by atoms with van der Waals surface area (Å²) >= 11 is 1.56. The number of carbonyl (C=O) groups excluding carboxylic acids is 3. The summed E-state index contributed by atoms with van der Waals surface area (Å²) in [5.74, 6) is -1.08. The Bertz CT molecular complexity index is 804. The molecule has 0 saturated carbocycles. The zero-order valence-corrected chi connectivity index (χ0v) is 15.3. The highest BCUT2D eigenvalue weighted by Gasteiger charge is 2.33. The van der Waals surface area contributed by atoms with Crippen molar-refractivity contribution in [3.05, 3.63) is 57.8 Å². The van der Waals surface area contributed by atoms with Crippen LogP contribution in [0.3, 0.4) is 0 Å². The third-order valence-corrected chi connectivity index (χ3v) is 5.11. The van der Waals surface area contributed by atoms with E-state index in [9.17, 15) is 14.4 Å². The maximum Gasteiger partial charge on any atom is 0.339 e. The highest BCUT2D eigenvalue weighted by molar-refractivity contribution is 7.09. The molecule has 1 N–H and O–H groups in total. The second-order valence-corrected chi connectivity index (χ2v) is 7.00. The van der Waals surface area contributed by atoms with E-state index in [1.807, 2.05) is 29.6 Å². The molecular formula is C19H20N2O4S. The van der Waals surface area contributed by atoms with Crippen LogP contribution in [-0.2, 0) is 27.3 Å². The van der Waals surface area contributed by atoms with Gasteiger partial charge in [0.15, 0.2) is 6.10 Å². The Morgan fingerprint density at radius 3 is 2.81 bits per heavy atom. The average Bonchev–Trinajstić information content (AvgIpc) is 3.17. The zero-order chi connectivity index (χ0) is 18.5. The zero-order valence-electron chi connectivity index (χ0n) is 14.4. The van der Waals surface area contributed by atoms with Gasteiger partial charge in [-0.3, -0.25) is 9.59 Å². The van der Waals surface area contributed by atoms with Crippen molar-refractivity contribution in [3.8, 4) is 0 Å². The molecule has 0 unspecified atom stereocenters. The largest absolute Gasteiger partial charge is 0.448 e. The van der Waals surface area contributed by atoms with E-state index in [2.05, 4.69) is 5.32 Å². The molecule has 0 bridgehead atoms. The molecule has 0 spiro atoms. The van der Waals surface area contributed by atoms with Crippen molar-refractivity contribution >= 4 is 29.1 Å². The monoisotopic (exact) mass is 372 g/mol. The number of fused-ring (bicyclic) bond motifs is 1. The third-order valence-electron chi connectivity index (χ3n) is 4.24. The first-order valence-electron chi connectivity index (χ1n) is 8.45. The van der Waals surface area contributed by atoms with Crippen molar-refractivity contribution in [3.63, 3.8) is 0 Å². The number of carbonyl (C=O) groups is 3. The average molecular weight is 372 g/mol. The van der Waals surface area contributed by atoms with Crippen LogP contribution in [0.25, 0.3) is 0 Å². The molecule has 2 amide bonds. The molecule has 7 heteroatoms. The van der Waals surface area contributed by atoms with Gasteiger partial charge < -0.3 is 15.0 Å². The summed E-state index contributed by atoms with van der Waals surface area (Å²) in [6.45, 7) is 2.54. The smallest absolute Gasteiger partial charge is 0.339 e. The van der Waals surface area contributed by atoms with E-state index in [0.29, 0.717) is 25.1 Å². The number of nitrogens with zero attached hydrogens (tertiary/aromatic N) is 1. The maximum atomic E-state index is 12.7. The highest BCUT2D eigenvalue weighted by Crippen LogP contribution is 2.21. The van der Waals surface area contributed by atoms with Gasteiger partial charge in [0.1, 0.15) is 0 Å². The van der Waals surface area contributed by atoms with Crippen LogP contribution < -0.4 is 5.32 Å². The Labute approximate surface area is 155 Å². The van der Waals surface area contributed by atoms with E-state index in [4.69, 9.17) is 4.74 Å². The fraction of sp³-hybridized carbons (Fsp3) is 0.316. The van der Waals surface area contributed by atoms with Gasteiger partial charge >= 0.3 is 5.97 Å². The first-order chi connectivity index (χ1) is 12.6. The standard InChI is InChI=1S/C19H20N2O4S/c1-2-21(12-17(22)20-11-14-7-5-9-26-14)18(23)16-10-13-6-3-4-8-15(13)19(24)25-16/h3-9,16H,2,10-12H2,1H3,(H,20,22)/t16-/m1/s1. The summed E-state index contributed by atoms with van der Waals surface area (Å²) in [7, 11) is 0. The van der Waals surface area contributed by atoms with Crippen LogP contribution in [0.2, 0.25) is 0 Å². The Morgan fingerprint density at radius 2 is 2.08 bits per heavy atom. The minimum Gasteiger partial charge on any atom is -0.448 e. The molecule has 1 aliphatic rings. The lowest BCUT2D eigenvalue weighted by atomic mass is 9.98. The minimum atomic E-state index is -0.887. The molecule has 136 valence electrons. The van der Waals surface area contributed by atoms with Gasteiger partial charge in [0.25, 0.3) is 5.91 Å². The number of amides is 2. The second-order valence-electron chi connectivity index (χ2n) is 5.96. The van der Waals surface area contributed by atoms with Crippen molar-refractivity contribution in [2.75, 3.05) is 13.1 Å². The molecule has 1 aliphatic heterocycles. The van der Waals surface area contributed by atoms with Crippen molar-refractivity contribution in [2.24, 2.45) is 0 Å². The molecule has 0 radical (unpaired) electrons. The Kier molecular flexibility index (Phi) is 5.68. The van der Waals surface area contributed by atoms with Crippen LogP contribution in [0.5, 0.6) is 0 Å². The van der Waals surface area contributed by atoms with Crippen LogP contribution in [0.4, 0.5) is 0 Å². The number of hydrogen-bond acceptors (Lipinski definition) is 5. The van der Waals surface area contributed by atoms with Crippen molar-refractivity contribution < 1.29 is 19.1 Å². The highest BCUT2D eigenvalue weighted by atomic mass is 32.1. The van der Waals surface area contributed by atoms with E-state index in [1.54, 1.807) is 30.4 Å². The van der Waals surface area contributed by atoms with Crippen molar-refractivity contribution in [2.45, 2.75) is 26.0 Å². The quantitative estimate of drug-likeness (QED) is 0.787. The molecule has 2 aromatic rings. The first kappa shape index (κ1) is 18.1. The summed E-state index contributed by atoms with van der Waals surface area (Å²) in [5, 5.41) is 4.74. The summed E-state index contributed by atoms with van der Waals surface area (Å²) in [4.78, 5) is 39.4. The molecule has 1 aromatic heterocycles. The van der Waals surface area contributed by atoms with E-state index in [1.165, 1.54) is 4.90 Å². The number of thiophene rings is 1. The number of cyclic esters (lactones) is 1. The number of benzene rings is 1. The van der Waals surface area contributed by atoms with E-state index in [-0.39, 0.29) is 18.4 Å².